The number of aryl methyl sites for hydroxylation is 1. The van der Waals surface area contributed by atoms with Gasteiger partial charge in [-0.3, -0.25) is 9.78 Å². The predicted octanol–water partition coefficient (Wildman–Crippen LogP) is 1.99. The summed E-state index contributed by atoms with van der Waals surface area (Å²) in [6.07, 6.45) is 6.59. The van der Waals surface area contributed by atoms with Crippen molar-refractivity contribution in [3.8, 4) is 0 Å². The van der Waals surface area contributed by atoms with Crippen molar-refractivity contribution in [3.05, 3.63) is 29.6 Å². The molecule has 0 spiro atoms. The summed E-state index contributed by atoms with van der Waals surface area (Å²) in [5, 5.41) is 3.58. The molecule has 0 saturated carbocycles. The highest BCUT2D eigenvalue weighted by atomic mass is 16.2. The Morgan fingerprint density at radius 3 is 3.05 bits per heavy atom. The SMILES string of the molecule is Cc1cccnc1C(=O)N1CCCC(C2CCCN2)C1. The van der Waals surface area contributed by atoms with Crippen LogP contribution >= 0.6 is 0 Å². The van der Waals surface area contributed by atoms with Gasteiger partial charge >= 0.3 is 0 Å². The van der Waals surface area contributed by atoms with Gasteiger partial charge < -0.3 is 10.2 Å². The van der Waals surface area contributed by atoms with Crippen molar-refractivity contribution in [1.82, 2.24) is 15.2 Å². The molecule has 2 fully saturated rings. The van der Waals surface area contributed by atoms with Crippen LogP contribution in [0.25, 0.3) is 0 Å². The second-order valence-electron chi connectivity index (χ2n) is 6.03. The number of likely N-dealkylation sites (tertiary alicyclic amines) is 1. The lowest BCUT2D eigenvalue weighted by Gasteiger charge is -2.35. The second-order valence-corrected chi connectivity index (χ2v) is 6.03. The van der Waals surface area contributed by atoms with Crippen LogP contribution in [0, 0.1) is 12.8 Å². The lowest BCUT2D eigenvalue weighted by atomic mass is 9.89. The Kier molecular flexibility index (Phi) is 4.01. The first kappa shape index (κ1) is 13.6. The predicted molar refractivity (Wildman–Crippen MR) is 78.6 cm³/mol. The molecule has 20 heavy (non-hydrogen) atoms. The summed E-state index contributed by atoms with van der Waals surface area (Å²) in [5.41, 5.74) is 1.59. The molecule has 3 rings (SSSR count). The Labute approximate surface area is 120 Å². The summed E-state index contributed by atoms with van der Waals surface area (Å²) >= 11 is 0. The minimum atomic E-state index is 0.103. The highest BCUT2D eigenvalue weighted by molar-refractivity contribution is 5.93. The molecule has 0 aliphatic carbocycles. The van der Waals surface area contributed by atoms with Crippen LogP contribution in [0.15, 0.2) is 18.3 Å². The minimum Gasteiger partial charge on any atom is -0.337 e. The molecule has 4 nitrogen and oxygen atoms in total. The number of amides is 1. The van der Waals surface area contributed by atoms with E-state index >= 15 is 0 Å². The van der Waals surface area contributed by atoms with Crippen LogP contribution in [0.3, 0.4) is 0 Å². The van der Waals surface area contributed by atoms with Crippen molar-refractivity contribution >= 4 is 5.91 Å². The summed E-state index contributed by atoms with van der Waals surface area (Å²) in [7, 11) is 0. The molecule has 0 bridgehead atoms. The third kappa shape index (κ3) is 2.70. The first-order chi connectivity index (χ1) is 9.75. The number of nitrogens with one attached hydrogen (secondary N) is 1. The summed E-state index contributed by atoms with van der Waals surface area (Å²) in [6.45, 7) is 4.85. The molecule has 2 atom stereocenters. The van der Waals surface area contributed by atoms with Crippen molar-refractivity contribution in [2.45, 2.75) is 38.6 Å². The maximum atomic E-state index is 12.6. The van der Waals surface area contributed by atoms with E-state index in [1.807, 2.05) is 24.0 Å². The fourth-order valence-corrected chi connectivity index (χ4v) is 3.50. The molecule has 2 saturated heterocycles. The van der Waals surface area contributed by atoms with Crippen LogP contribution in [-0.2, 0) is 0 Å². The second kappa shape index (κ2) is 5.92. The molecular formula is C16H23N3O. The zero-order valence-corrected chi connectivity index (χ0v) is 12.1. The summed E-state index contributed by atoms with van der Waals surface area (Å²) < 4.78 is 0. The number of nitrogens with zero attached hydrogens (tertiary/aromatic N) is 2. The Balaban J connectivity index is 1.70. The summed E-state index contributed by atoms with van der Waals surface area (Å²) in [5.74, 6) is 0.713. The zero-order chi connectivity index (χ0) is 13.9. The number of piperidine rings is 1. The molecule has 1 aromatic heterocycles. The fraction of sp³-hybridized carbons (Fsp3) is 0.625. The third-order valence-corrected chi connectivity index (χ3v) is 4.62. The Hall–Kier alpha value is -1.42. The Bertz CT molecular complexity index is 482. The smallest absolute Gasteiger partial charge is 0.272 e. The molecule has 1 aromatic rings. The van der Waals surface area contributed by atoms with Gasteiger partial charge in [0.25, 0.3) is 5.91 Å². The molecule has 1 amide bonds. The van der Waals surface area contributed by atoms with Crippen LogP contribution in [0.4, 0.5) is 0 Å². The lowest BCUT2D eigenvalue weighted by molar-refractivity contribution is 0.0644. The van der Waals surface area contributed by atoms with E-state index < -0.39 is 0 Å². The number of carbonyl (C=O) groups is 1. The van der Waals surface area contributed by atoms with Crippen molar-refractivity contribution in [1.29, 1.82) is 0 Å². The van der Waals surface area contributed by atoms with E-state index in [2.05, 4.69) is 10.3 Å². The molecule has 4 heteroatoms. The molecule has 0 radical (unpaired) electrons. The molecule has 2 unspecified atom stereocenters. The number of hydrogen-bond acceptors (Lipinski definition) is 3. The first-order valence-corrected chi connectivity index (χ1v) is 7.70. The van der Waals surface area contributed by atoms with Crippen molar-refractivity contribution in [2.24, 2.45) is 5.92 Å². The molecule has 1 N–H and O–H groups in total. The number of rotatable bonds is 2. The fourth-order valence-electron chi connectivity index (χ4n) is 3.50. The van der Waals surface area contributed by atoms with Gasteiger partial charge in [0.1, 0.15) is 5.69 Å². The van der Waals surface area contributed by atoms with E-state index in [4.69, 9.17) is 0 Å². The topological polar surface area (TPSA) is 45.2 Å². The average Bonchev–Trinajstić information content (AvgIpc) is 3.01. The number of aromatic nitrogens is 1. The van der Waals surface area contributed by atoms with Gasteiger partial charge in [0.2, 0.25) is 0 Å². The van der Waals surface area contributed by atoms with Gasteiger partial charge in [0.05, 0.1) is 0 Å². The van der Waals surface area contributed by atoms with E-state index in [9.17, 15) is 4.79 Å². The van der Waals surface area contributed by atoms with E-state index in [0.29, 0.717) is 17.7 Å². The van der Waals surface area contributed by atoms with Crippen molar-refractivity contribution in [2.75, 3.05) is 19.6 Å². The van der Waals surface area contributed by atoms with Gasteiger partial charge in [-0.25, -0.2) is 0 Å². The van der Waals surface area contributed by atoms with Crippen molar-refractivity contribution in [3.63, 3.8) is 0 Å². The zero-order valence-electron chi connectivity index (χ0n) is 12.1. The first-order valence-electron chi connectivity index (χ1n) is 7.70. The number of pyridine rings is 1. The Morgan fingerprint density at radius 1 is 1.40 bits per heavy atom. The van der Waals surface area contributed by atoms with Crippen LogP contribution in [0.5, 0.6) is 0 Å². The quantitative estimate of drug-likeness (QED) is 0.896. The van der Waals surface area contributed by atoms with E-state index in [-0.39, 0.29) is 5.91 Å². The largest absolute Gasteiger partial charge is 0.337 e. The van der Waals surface area contributed by atoms with E-state index in [1.165, 1.54) is 19.3 Å². The van der Waals surface area contributed by atoms with Crippen LogP contribution in [-0.4, -0.2) is 41.5 Å². The maximum absolute atomic E-state index is 12.6. The van der Waals surface area contributed by atoms with Crippen molar-refractivity contribution < 1.29 is 4.79 Å². The molecule has 3 heterocycles. The maximum Gasteiger partial charge on any atom is 0.272 e. The van der Waals surface area contributed by atoms with Gasteiger partial charge in [-0.2, -0.15) is 0 Å². The standard InChI is InChI=1S/C16H23N3O/c1-12-5-2-9-18-15(12)16(20)19-10-4-6-13(11-19)14-7-3-8-17-14/h2,5,9,13-14,17H,3-4,6-8,10-11H2,1H3. The van der Waals surface area contributed by atoms with Gasteiger partial charge in [0.15, 0.2) is 0 Å². The van der Waals surface area contributed by atoms with Gasteiger partial charge in [0, 0.05) is 25.3 Å². The normalized spacial score (nSPS) is 26.8. The summed E-state index contributed by atoms with van der Waals surface area (Å²) in [6, 6.07) is 4.45. The third-order valence-electron chi connectivity index (χ3n) is 4.62. The Morgan fingerprint density at radius 2 is 2.30 bits per heavy atom. The van der Waals surface area contributed by atoms with Gasteiger partial charge in [-0.05, 0) is 56.7 Å². The average molecular weight is 273 g/mol. The minimum absolute atomic E-state index is 0.103. The number of hydrogen-bond donors (Lipinski definition) is 1. The highest BCUT2D eigenvalue weighted by Gasteiger charge is 2.31. The van der Waals surface area contributed by atoms with Crippen LogP contribution in [0.2, 0.25) is 0 Å². The van der Waals surface area contributed by atoms with Gasteiger partial charge in [-0.1, -0.05) is 6.07 Å². The summed E-state index contributed by atoms with van der Waals surface area (Å²) in [4.78, 5) is 18.9. The molecule has 2 aliphatic heterocycles. The number of carbonyl (C=O) groups excluding carboxylic acids is 1. The van der Waals surface area contributed by atoms with E-state index in [1.54, 1.807) is 6.20 Å². The monoisotopic (exact) mass is 273 g/mol. The molecule has 108 valence electrons. The van der Waals surface area contributed by atoms with Gasteiger partial charge in [-0.15, -0.1) is 0 Å². The van der Waals surface area contributed by atoms with Crippen LogP contribution in [0.1, 0.15) is 41.7 Å². The highest BCUT2D eigenvalue weighted by Crippen LogP contribution is 2.25. The molecular weight excluding hydrogens is 250 g/mol. The molecule has 2 aliphatic rings. The molecule has 0 aromatic carbocycles. The van der Waals surface area contributed by atoms with E-state index in [0.717, 1.165) is 31.6 Å². The lowest BCUT2D eigenvalue weighted by Crippen LogP contribution is -2.46. The van der Waals surface area contributed by atoms with Crippen LogP contribution < -0.4 is 5.32 Å².